The van der Waals surface area contributed by atoms with E-state index in [9.17, 15) is 9.59 Å². The molecular formula is C7H6ClNO2. The van der Waals surface area contributed by atoms with Gasteiger partial charge in [-0.15, -0.1) is 0 Å². The normalized spacial score (nSPS) is 35.1. The van der Waals surface area contributed by atoms with Gasteiger partial charge in [-0.2, -0.15) is 0 Å². The van der Waals surface area contributed by atoms with E-state index < -0.39 is 0 Å². The predicted octanol–water partition coefficient (Wildman–Crippen LogP) is 0.354. The summed E-state index contributed by atoms with van der Waals surface area (Å²) in [4.78, 5) is 23.4. The lowest BCUT2D eigenvalue weighted by Crippen LogP contribution is -2.25. The van der Waals surface area contributed by atoms with E-state index in [1.54, 1.807) is 6.08 Å². The van der Waals surface area contributed by atoms with Crippen molar-refractivity contribution in [1.29, 1.82) is 0 Å². The maximum atomic E-state index is 11.2. The van der Waals surface area contributed by atoms with E-state index in [0.717, 1.165) is 4.90 Å². The highest BCUT2D eigenvalue weighted by atomic mass is 35.5. The highest BCUT2D eigenvalue weighted by Gasteiger charge is 2.51. The molecule has 2 atom stereocenters. The van der Waals surface area contributed by atoms with Crippen LogP contribution in [-0.2, 0) is 9.59 Å². The largest absolute Gasteiger partial charge is 0.285 e. The SMILES string of the molecule is CN1C(=O)C2C=C(Cl)C2C1=O. The first kappa shape index (κ1) is 6.85. The summed E-state index contributed by atoms with van der Waals surface area (Å²) in [6, 6.07) is 0. The number of carbonyl (C=O) groups is 2. The molecule has 2 amide bonds. The predicted molar refractivity (Wildman–Crippen MR) is 38.7 cm³/mol. The third-order valence-electron chi connectivity index (χ3n) is 2.21. The molecule has 58 valence electrons. The quantitative estimate of drug-likeness (QED) is 0.494. The van der Waals surface area contributed by atoms with Gasteiger partial charge in [-0.25, -0.2) is 0 Å². The van der Waals surface area contributed by atoms with E-state index in [1.807, 2.05) is 0 Å². The van der Waals surface area contributed by atoms with Crippen LogP contribution in [0.2, 0.25) is 0 Å². The zero-order chi connectivity index (χ0) is 8.17. The van der Waals surface area contributed by atoms with Crippen LogP contribution in [0, 0.1) is 11.8 Å². The van der Waals surface area contributed by atoms with Crippen LogP contribution < -0.4 is 0 Å². The van der Waals surface area contributed by atoms with Crippen LogP contribution in [0.3, 0.4) is 0 Å². The van der Waals surface area contributed by atoms with E-state index in [4.69, 9.17) is 11.6 Å². The van der Waals surface area contributed by atoms with Gasteiger partial charge in [-0.3, -0.25) is 14.5 Å². The minimum Gasteiger partial charge on any atom is -0.285 e. The van der Waals surface area contributed by atoms with Crippen molar-refractivity contribution in [2.24, 2.45) is 11.8 Å². The second-order valence-electron chi connectivity index (χ2n) is 2.79. The van der Waals surface area contributed by atoms with Gasteiger partial charge < -0.3 is 0 Å². The molecule has 11 heavy (non-hydrogen) atoms. The van der Waals surface area contributed by atoms with Crippen LogP contribution in [-0.4, -0.2) is 23.8 Å². The lowest BCUT2D eigenvalue weighted by atomic mass is 9.84. The second kappa shape index (κ2) is 1.85. The number of fused-ring (bicyclic) bond motifs is 1. The van der Waals surface area contributed by atoms with Crippen LogP contribution >= 0.6 is 11.6 Å². The smallest absolute Gasteiger partial charge is 0.238 e. The molecule has 4 heteroatoms. The Morgan fingerprint density at radius 1 is 1.45 bits per heavy atom. The third-order valence-corrected chi connectivity index (χ3v) is 2.57. The maximum absolute atomic E-state index is 11.2. The van der Waals surface area contributed by atoms with Gasteiger partial charge in [-0.1, -0.05) is 17.7 Å². The Balaban J connectivity index is 2.39. The highest BCUT2D eigenvalue weighted by molar-refractivity contribution is 6.34. The van der Waals surface area contributed by atoms with Gasteiger partial charge in [-0.05, 0) is 0 Å². The second-order valence-corrected chi connectivity index (χ2v) is 3.23. The average molecular weight is 172 g/mol. The van der Waals surface area contributed by atoms with Crippen LogP contribution in [0.15, 0.2) is 11.1 Å². The number of hydrogen-bond donors (Lipinski definition) is 0. The van der Waals surface area contributed by atoms with Gasteiger partial charge in [0.15, 0.2) is 0 Å². The summed E-state index contributed by atoms with van der Waals surface area (Å²) < 4.78 is 0. The van der Waals surface area contributed by atoms with Crippen LogP contribution in [0.5, 0.6) is 0 Å². The van der Waals surface area contributed by atoms with Gasteiger partial charge in [0.05, 0.1) is 11.8 Å². The van der Waals surface area contributed by atoms with Crippen molar-refractivity contribution in [3.63, 3.8) is 0 Å². The average Bonchev–Trinajstić information content (AvgIpc) is 2.10. The molecule has 1 fully saturated rings. The molecular weight excluding hydrogens is 166 g/mol. The van der Waals surface area contributed by atoms with Gasteiger partial charge in [0, 0.05) is 12.1 Å². The summed E-state index contributed by atoms with van der Waals surface area (Å²) in [5.41, 5.74) is 0. The number of halogens is 1. The molecule has 1 aliphatic heterocycles. The zero-order valence-corrected chi connectivity index (χ0v) is 6.63. The Labute approximate surface area is 68.6 Å². The van der Waals surface area contributed by atoms with Gasteiger partial charge in [0.1, 0.15) is 0 Å². The Morgan fingerprint density at radius 3 is 2.45 bits per heavy atom. The molecule has 1 aliphatic carbocycles. The molecule has 0 bridgehead atoms. The molecule has 0 N–H and O–H groups in total. The van der Waals surface area contributed by atoms with Crippen molar-refractivity contribution in [3.8, 4) is 0 Å². The summed E-state index contributed by atoms with van der Waals surface area (Å²) >= 11 is 5.64. The lowest BCUT2D eigenvalue weighted by molar-refractivity contribution is -0.137. The maximum Gasteiger partial charge on any atom is 0.238 e. The van der Waals surface area contributed by atoms with Crippen molar-refractivity contribution >= 4 is 23.4 Å². The fourth-order valence-corrected chi connectivity index (χ4v) is 1.82. The fraction of sp³-hybridized carbons (Fsp3) is 0.429. The Bertz CT molecular complexity index is 284. The minimum absolute atomic E-state index is 0.135. The number of hydrogen-bond acceptors (Lipinski definition) is 2. The number of likely N-dealkylation sites (tertiary alicyclic amines) is 1. The van der Waals surface area contributed by atoms with Crippen molar-refractivity contribution < 1.29 is 9.59 Å². The molecule has 2 unspecified atom stereocenters. The molecule has 1 heterocycles. The summed E-state index contributed by atoms with van der Waals surface area (Å²) in [6.07, 6.45) is 1.63. The number of rotatable bonds is 0. The summed E-state index contributed by atoms with van der Waals surface area (Å²) in [7, 11) is 1.49. The van der Waals surface area contributed by atoms with Crippen molar-refractivity contribution in [2.45, 2.75) is 0 Å². The fourth-order valence-electron chi connectivity index (χ4n) is 1.45. The zero-order valence-electron chi connectivity index (χ0n) is 5.87. The molecule has 0 spiro atoms. The first-order chi connectivity index (χ1) is 5.13. The Kier molecular flexibility index (Phi) is 1.16. The summed E-state index contributed by atoms with van der Waals surface area (Å²) in [5.74, 6) is -0.925. The summed E-state index contributed by atoms with van der Waals surface area (Å²) in [6.45, 7) is 0. The molecule has 0 aromatic carbocycles. The number of carbonyl (C=O) groups excluding carboxylic acids is 2. The number of amides is 2. The van der Waals surface area contributed by atoms with E-state index >= 15 is 0 Å². The molecule has 2 rings (SSSR count). The van der Waals surface area contributed by atoms with Crippen LogP contribution in [0.25, 0.3) is 0 Å². The van der Waals surface area contributed by atoms with Gasteiger partial charge >= 0.3 is 0 Å². The van der Waals surface area contributed by atoms with E-state index in [1.165, 1.54) is 7.05 Å². The van der Waals surface area contributed by atoms with E-state index in [-0.39, 0.29) is 23.7 Å². The first-order valence-corrected chi connectivity index (χ1v) is 3.69. The van der Waals surface area contributed by atoms with E-state index in [2.05, 4.69) is 0 Å². The van der Waals surface area contributed by atoms with Crippen LogP contribution in [0.4, 0.5) is 0 Å². The van der Waals surface area contributed by atoms with E-state index in [0.29, 0.717) is 5.03 Å². The van der Waals surface area contributed by atoms with Crippen molar-refractivity contribution in [1.82, 2.24) is 4.90 Å². The standard InChI is InChI=1S/C7H6ClNO2/c1-9-6(10)3-2-4(8)5(3)7(9)11/h2-3,5H,1H3. The van der Waals surface area contributed by atoms with Gasteiger partial charge in [0.25, 0.3) is 0 Å². The Hall–Kier alpha value is -0.830. The Morgan fingerprint density at radius 2 is 2.09 bits per heavy atom. The minimum atomic E-state index is -0.353. The number of imide groups is 1. The monoisotopic (exact) mass is 171 g/mol. The molecule has 3 nitrogen and oxygen atoms in total. The molecule has 0 radical (unpaired) electrons. The topological polar surface area (TPSA) is 37.4 Å². The van der Waals surface area contributed by atoms with Gasteiger partial charge in [0.2, 0.25) is 11.8 Å². The third kappa shape index (κ3) is 0.639. The summed E-state index contributed by atoms with van der Waals surface area (Å²) in [5, 5.41) is 0.512. The number of nitrogens with zero attached hydrogens (tertiary/aromatic N) is 1. The highest BCUT2D eigenvalue weighted by Crippen LogP contribution is 2.42. The van der Waals surface area contributed by atoms with Crippen LogP contribution in [0.1, 0.15) is 0 Å². The molecule has 0 aromatic heterocycles. The molecule has 0 saturated carbocycles. The van der Waals surface area contributed by atoms with Crippen molar-refractivity contribution in [2.75, 3.05) is 7.05 Å². The van der Waals surface area contributed by atoms with Crippen molar-refractivity contribution in [3.05, 3.63) is 11.1 Å². The lowest BCUT2D eigenvalue weighted by Gasteiger charge is -2.20. The molecule has 0 aromatic rings. The molecule has 1 saturated heterocycles. The first-order valence-electron chi connectivity index (χ1n) is 3.31. The molecule has 2 aliphatic rings.